The molecule has 0 saturated heterocycles. The van der Waals surface area contributed by atoms with Crippen LogP contribution in [0.2, 0.25) is 0 Å². The predicted molar refractivity (Wildman–Crippen MR) is 244 cm³/mol. The van der Waals surface area contributed by atoms with Gasteiger partial charge in [0.15, 0.2) is 24.6 Å². The number of aryl methyl sites for hydroxylation is 2. The number of benzene rings is 8. The zero-order chi connectivity index (χ0) is 39.9. The Balaban J connectivity index is 1.04. The molecule has 9 aromatic rings. The summed E-state index contributed by atoms with van der Waals surface area (Å²) in [6, 6.07) is 68.1. The Hall–Kier alpha value is -7.20. The molecular weight excluding hydrogens is 740 g/mol. The Bertz CT molecular complexity index is 2990. The summed E-state index contributed by atoms with van der Waals surface area (Å²) in [5.74, 6) is 1.91. The van der Waals surface area contributed by atoms with E-state index >= 15 is 4.57 Å². The largest absolute Gasteiger partial charge is 0.309 e. The lowest BCUT2D eigenvalue weighted by molar-refractivity contribution is 0.592. The molecule has 0 aliphatic carbocycles. The highest BCUT2D eigenvalue weighted by Gasteiger charge is 2.41. The van der Waals surface area contributed by atoms with E-state index in [4.69, 9.17) is 15.0 Å². The third-order valence-corrected chi connectivity index (χ3v) is 14.3. The average molecular weight is 779 g/mol. The zero-order valence-corrected chi connectivity index (χ0v) is 33.6. The van der Waals surface area contributed by atoms with Crippen molar-refractivity contribution in [3.8, 4) is 56.4 Å². The van der Waals surface area contributed by atoms with Gasteiger partial charge in [-0.3, -0.25) is 0 Å². The van der Waals surface area contributed by atoms with Gasteiger partial charge in [0.1, 0.15) is 0 Å². The summed E-state index contributed by atoms with van der Waals surface area (Å²) in [5.41, 5.74) is 12.4. The van der Waals surface area contributed by atoms with Gasteiger partial charge in [0, 0.05) is 38.3 Å². The van der Waals surface area contributed by atoms with Crippen molar-refractivity contribution in [1.29, 1.82) is 0 Å². The van der Waals surface area contributed by atoms with Crippen molar-refractivity contribution >= 4 is 40.1 Å². The van der Waals surface area contributed by atoms with Crippen LogP contribution in [0.4, 0.5) is 17.1 Å². The quantitative estimate of drug-likeness (QED) is 0.151. The number of nitrogens with zero attached hydrogens (tertiary/aromatic N) is 4. The highest BCUT2D eigenvalue weighted by atomic mass is 31.2. The van der Waals surface area contributed by atoms with E-state index in [1.165, 1.54) is 0 Å². The number of hydrogen-bond acceptors (Lipinski definition) is 5. The van der Waals surface area contributed by atoms with Crippen molar-refractivity contribution in [3.63, 3.8) is 0 Å². The van der Waals surface area contributed by atoms with Crippen LogP contribution >= 0.6 is 7.14 Å². The second-order valence-electron chi connectivity index (χ2n) is 14.9. The first-order chi connectivity index (χ1) is 29.0. The van der Waals surface area contributed by atoms with E-state index in [0.717, 1.165) is 83.0 Å². The fraction of sp³-hybridized carbons (Fsp3) is 0.0377. The van der Waals surface area contributed by atoms with Crippen LogP contribution in [-0.4, -0.2) is 15.0 Å². The van der Waals surface area contributed by atoms with Gasteiger partial charge in [0.05, 0.1) is 11.4 Å². The van der Waals surface area contributed by atoms with E-state index < -0.39 is 7.14 Å². The molecule has 1 unspecified atom stereocenters. The van der Waals surface area contributed by atoms with Crippen molar-refractivity contribution in [2.45, 2.75) is 13.8 Å². The molecule has 1 aromatic heterocycles. The standard InChI is InChI=1S/C53H39N4OP/c1-36-33-40(41-29-32-48-50(35-41)59(58,44-23-13-6-14-24-44)49-26-16-15-25-47(49)57(48)43-21-11-5-12-22-43)27-30-45(36)46-31-28-42(34-37(46)2)53-55-51(38-17-7-3-8-18-38)54-52(56-53)39-19-9-4-10-20-39/h3-35H,1-2H3. The first-order valence-electron chi connectivity index (χ1n) is 19.8. The average Bonchev–Trinajstić information content (AvgIpc) is 3.30. The predicted octanol–water partition coefficient (Wildman–Crippen LogP) is 12.2. The molecule has 59 heavy (non-hydrogen) atoms. The van der Waals surface area contributed by atoms with Crippen LogP contribution in [0.1, 0.15) is 11.1 Å². The molecule has 0 bridgehead atoms. The molecule has 8 aromatic carbocycles. The lowest BCUT2D eigenvalue weighted by Crippen LogP contribution is -2.36. The highest BCUT2D eigenvalue weighted by molar-refractivity contribution is 7.86. The Kier molecular flexibility index (Phi) is 9.16. The molecule has 5 nitrogen and oxygen atoms in total. The second kappa shape index (κ2) is 14.9. The van der Waals surface area contributed by atoms with E-state index in [0.29, 0.717) is 17.5 Å². The summed E-state index contributed by atoms with van der Waals surface area (Å²) < 4.78 is 15.9. The minimum absolute atomic E-state index is 0.632. The molecule has 0 amide bonds. The summed E-state index contributed by atoms with van der Waals surface area (Å²) in [7, 11) is -3.25. The third kappa shape index (κ3) is 6.46. The molecule has 0 radical (unpaired) electrons. The number of anilines is 3. The molecule has 1 aliphatic heterocycles. The van der Waals surface area contributed by atoms with Crippen LogP contribution in [0.3, 0.4) is 0 Å². The van der Waals surface area contributed by atoms with E-state index in [1.54, 1.807) is 0 Å². The van der Waals surface area contributed by atoms with E-state index in [-0.39, 0.29) is 0 Å². The molecular formula is C53H39N4OP. The Labute approximate surface area is 344 Å². The van der Waals surface area contributed by atoms with Crippen LogP contribution in [-0.2, 0) is 4.57 Å². The van der Waals surface area contributed by atoms with Gasteiger partial charge in [0.25, 0.3) is 0 Å². The minimum Gasteiger partial charge on any atom is -0.309 e. The number of para-hydroxylation sites is 2. The van der Waals surface area contributed by atoms with Crippen LogP contribution < -0.4 is 20.8 Å². The van der Waals surface area contributed by atoms with Crippen molar-refractivity contribution < 1.29 is 4.57 Å². The topological polar surface area (TPSA) is 59.0 Å². The normalized spacial score (nSPS) is 14.4. The van der Waals surface area contributed by atoms with Crippen LogP contribution in [0.5, 0.6) is 0 Å². The Morgan fingerprint density at radius 3 is 1.42 bits per heavy atom. The summed E-state index contributed by atoms with van der Waals surface area (Å²) in [5, 5.41) is 2.50. The van der Waals surface area contributed by atoms with Crippen molar-refractivity contribution in [1.82, 2.24) is 15.0 Å². The molecule has 0 spiro atoms. The monoisotopic (exact) mass is 778 g/mol. The summed E-state index contributed by atoms with van der Waals surface area (Å²) in [4.78, 5) is 17.0. The van der Waals surface area contributed by atoms with Gasteiger partial charge < -0.3 is 9.46 Å². The maximum Gasteiger partial charge on any atom is 0.175 e. The first-order valence-corrected chi connectivity index (χ1v) is 21.5. The van der Waals surface area contributed by atoms with Gasteiger partial charge in [-0.2, -0.15) is 0 Å². The van der Waals surface area contributed by atoms with Crippen LogP contribution in [0, 0.1) is 13.8 Å². The Morgan fingerprint density at radius 1 is 0.390 bits per heavy atom. The van der Waals surface area contributed by atoms with E-state index in [1.807, 2.05) is 127 Å². The maximum absolute atomic E-state index is 15.9. The molecule has 2 heterocycles. The molecule has 6 heteroatoms. The fourth-order valence-corrected chi connectivity index (χ4v) is 11.3. The van der Waals surface area contributed by atoms with Crippen molar-refractivity contribution in [2.75, 3.05) is 4.90 Å². The minimum atomic E-state index is -3.25. The molecule has 0 saturated carbocycles. The fourth-order valence-electron chi connectivity index (χ4n) is 8.28. The third-order valence-electron chi connectivity index (χ3n) is 11.2. The van der Waals surface area contributed by atoms with Crippen LogP contribution in [0.25, 0.3) is 56.4 Å². The molecule has 0 N–H and O–H groups in total. The first kappa shape index (κ1) is 36.2. The number of rotatable bonds is 7. The van der Waals surface area contributed by atoms with Crippen molar-refractivity contribution in [2.24, 2.45) is 0 Å². The lowest BCUT2D eigenvalue weighted by Gasteiger charge is -2.38. The van der Waals surface area contributed by atoms with Crippen LogP contribution in [0.15, 0.2) is 200 Å². The maximum atomic E-state index is 15.9. The smallest absolute Gasteiger partial charge is 0.175 e. The summed E-state index contributed by atoms with van der Waals surface area (Å²) in [6.07, 6.45) is 0. The van der Waals surface area contributed by atoms with Gasteiger partial charge >= 0.3 is 0 Å². The van der Waals surface area contributed by atoms with Crippen molar-refractivity contribution in [3.05, 3.63) is 211 Å². The van der Waals surface area contributed by atoms with E-state index in [9.17, 15) is 0 Å². The number of aromatic nitrogens is 3. The second-order valence-corrected chi connectivity index (χ2v) is 17.6. The molecule has 0 fully saturated rings. The zero-order valence-electron chi connectivity index (χ0n) is 32.7. The Morgan fingerprint density at radius 2 is 0.831 bits per heavy atom. The van der Waals surface area contributed by atoms with Gasteiger partial charge in [-0.25, -0.2) is 15.0 Å². The van der Waals surface area contributed by atoms with Gasteiger partial charge in [-0.15, -0.1) is 0 Å². The molecule has 1 aliphatic rings. The lowest BCUT2D eigenvalue weighted by atomic mass is 9.92. The molecule has 282 valence electrons. The molecule has 1 atom stereocenters. The summed E-state index contributed by atoms with van der Waals surface area (Å²) in [6.45, 7) is 4.31. The highest BCUT2D eigenvalue weighted by Crippen LogP contribution is 2.54. The van der Waals surface area contributed by atoms with E-state index in [2.05, 4.69) is 91.5 Å². The van der Waals surface area contributed by atoms with Gasteiger partial charge in [-0.05, 0) is 89.7 Å². The van der Waals surface area contributed by atoms with Gasteiger partial charge in [0.2, 0.25) is 0 Å². The SMILES string of the molecule is Cc1cc(-c2ccc3c(c2)P(=O)(c2ccccc2)c2ccccc2N3c2ccccc2)ccc1-c1ccc(-c2nc(-c3ccccc3)nc(-c3ccccc3)n2)cc1C. The molecule has 10 rings (SSSR count). The van der Waals surface area contributed by atoms with Gasteiger partial charge in [-0.1, -0.05) is 158 Å². The summed E-state index contributed by atoms with van der Waals surface area (Å²) >= 11 is 0. The number of hydrogen-bond donors (Lipinski definition) is 0. The number of fused-ring (bicyclic) bond motifs is 2.